The van der Waals surface area contributed by atoms with Crippen molar-refractivity contribution >= 4 is 0 Å². The maximum Gasteiger partial charge on any atom is 0.157 e. The van der Waals surface area contributed by atoms with E-state index in [1.807, 2.05) is 0 Å². The monoisotopic (exact) mass is 198 g/mol. The van der Waals surface area contributed by atoms with Crippen LogP contribution in [0.25, 0.3) is 0 Å². The normalized spacial score (nSPS) is 18.4. The van der Waals surface area contributed by atoms with Crippen LogP contribution >= 0.6 is 0 Å². The Morgan fingerprint density at radius 1 is 1.07 bits per heavy atom. The quantitative estimate of drug-likeness (QED) is 0.461. The molecule has 2 heteroatoms. The zero-order valence-electron chi connectivity index (χ0n) is 9.21. The number of hydrogen-bond donors (Lipinski definition) is 0. The Hall–Kier alpha value is -0.340. The van der Waals surface area contributed by atoms with E-state index in [1.165, 1.54) is 25.7 Å². The summed E-state index contributed by atoms with van der Waals surface area (Å²) in [5.74, 6) is 0. The molecule has 0 atom stereocenters. The second kappa shape index (κ2) is 8.01. The van der Waals surface area contributed by atoms with E-state index < -0.39 is 0 Å². The van der Waals surface area contributed by atoms with E-state index >= 15 is 0 Å². The molecule has 1 saturated heterocycles. The van der Waals surface area contributed by atoms with Crippen molar-refractivity contribution < 1.29 is 9.47 Å². The molecule has 0 amide bonds. The Morgan fingerprint density at radius 3 is 2.57 bits per heavy atom. The van der Waals surface area contributed by atoms with Crippen molar-refractivity contribution in [2.75, 3.05) is 13.2 Å². The van der Waals surface area contributed by atoms with Gasteiger partial charge in [-0.2, -0.15) is 0 Å². The van der Waals surface area contributed by atoms with Gasteiger partial charge in [0.1, 0.15) is 0 Å². The van der Waals surface area contributed by atoms with Crippen molar-refractivity contribution in [1.29, 1.82) is 0 Å². The van der Waals surface area contributed by atoms with Crippen molar-refractivity contribution in [3.8, 4) is 0 Å². The molecule has 0 aromatic rings. The zero-order valence-corrected chi connectivity index (χ0v) is 9.21. The third-order valence-corrected chi connectivity index (χ3v) is 2.40. The lowest BCUT2D eigenvalue weighted by Crippen LogP contribution is -2.06. The summed E-state index contributed by atoms with van der Waals surface area (Å²) in [5.41, 5.74) is 0. The number of rotatable bonds is 7. The fraction of sp³-hybridized carbons (Fsp3) is 0.833. The minimum Gasteiger partial charge on any atom is -0.350 e. The topological polar surface area (TPSA) is 18.5 Å². The number of unbranched alkanes of at least 4 members (excludes halogenated alkanes) is 3. The van der Waals surface area contributed by atoms with Crippen molar-refractivity contribution in [2.45, 2.75) is 51.7 Å². The van der Waals surface area contributed by atoms with Gasteiger partial charge in [-0.1, -0.05) is 25.5 Å². The van der Waals surface area contributed by atoms with E-state index in [0.29, 0.717) is 0 Å². The van der Waals surface area contributed by atoms with Gasteiger partial charge in [-0.15, -0.1) is 0 Å². The van der Waals surface area contributed by atoms with Gasteiger partial charge in [0, 0.05) is 0 Å². The molecule has 1 heterocycles. The largest absolute Gasteiger partial charge is 0.350 e. The molecule has 2 nitrogen and oxygen atoms in total. The Labute approximate surface area is 87.3 Å². The van der Waals surface area contributed by atoms with Crippen LogP contribution in [0.2, 0.25) is 0 Å². The van der Waals surface area contributed by atoms with Crippen LogP contribution in [-0.4, -0.2) is 19.5 Å². The Morgan fingerprint density at radius 2 is 1.86 bits per heavy atom. The van der Waals surface area contributed by atoms with Gasteiger partial charge in [0.25, 0.3) is 0 Å². The zero-order chi connectivity index (χ0) is 10.1. The highest BCUT2D eigenvalue weighted by molar-refractivity contribution is 4.79. The third-order valence-electron chi connectivity index (χ3n) is 2.40. The molecule has 1 fully saturated rings. The Balaban J connectivity index is 1.81. The smallest absolute Gasteiger partial charge is 0.157 e. The van der Waals surface area contributed by atoms with E-state index in [1.54, 1.807) is 0 Å². The van der Waals surface area contributed by atoms with E-state index in [-0.39, 0.29) is 6.29 Å². The van der Waals surface area contributed by atoms with Gasteiger partial charge >= 0.3 is 0 Å². The Kier molecular flexibility index (Phi) is 6.71. The second-order valence-electron chi connectivity index (χ2n) is 3.69. The summed E-state index contributed by atoms with van der Waals surface area (Å²) in [7, 11) is 0. The molecule has 14 heavy (non-hydrogen) atoms. The summed E-state index contributed by atoms with van der Waals surface area (Å²) in [6.45, 7) is 3.74. The fourth-order valence-electron chi connectivity index (χ4n) is 1.61. The van der Waals surface area contributed by atoms with Crippen LogP contribution in [0.1, 0.15) is 45.4 Å². The highest BCUT2D eigenvalue weighted by Crippen LogP contribution is 2.13. The third kappa shape index (κ3) is 5.40. The molecule has 0 N–H and O–H groups in total. The van der Waals surface area contributed by atoms with Gasteiger partial charge in [-0.05, 0) is 32.1 Å². The van der Waals surface area contributed by atoms with Crippen molar-refractivity contribution in [3.63, 3.8) is 0 Å². The molecule has 0 spiro atoms. The minimum absolute atomic E-state index is 0.0983. The maximum atomic E-state index is 5.36. The molecule has 0 aliphatic carbocycles. The number of ether oxygens (including phenoxy) is 2. The van der Waals surface area contributed by atoms with Crippen LogP contribution < -0.4 is 0 Å². The lowest BCUT2D eigenvalue weighted by atomic mass is 10.1. The van der Waals surface area contributed by atoms with Gasteiger partial charge in [0.05, 0.1) is 13.2 Å². The van der Waals surface area contributed by atoms with Crippen LogP contribution in [-0.2, 0) is 9.47 Å². The van der Waals surface area contributed by atoms with Crippen LogP contribution in [0, 0.1) is 0 Å². The highest BCUT2D eigenvalue weighted by Gasteiger charge is 2.14. The molecule has 0 aromatic heterocycles. The summed E-state index contributed by atoms with van der Waals surface area (Å²) in [6.07, 6.45) is 11.9. The SMILES string of the molecule is CC/C=C\CCCCCC1OCCO1. The molecule has 1 aliphatic heterocycles. The summed E-state index contributed by atoms with van der Waals surface area (Å²) >= 11 is 0. The molecule has 0 radical (unpaired) electrons. The van der Waals surface area contributed by atoms with Gasteiger partial charge < -0.3 is 9.47 Å². The molecule has 0 bridgehead atoms. The van der Waals surface area contributed by atoms with E-state index in [2.05, 4.69) is 19.1 Å². The lowest BCUT2D eigenvalue weighted by molar-refractivity contribution is -0.0479. The second-order valence-corrected chi connectivity index (χ2v) is 3.69. The van der Waals surface area contributed by atoms with Gasteiger partial charge in [0.15, 0.2) is 6.29 Å². The first-order valence-electron chi connectivity index (χ1n) is 5.81. The van der Waals surface area contributed by atoms with Crippen LogP contribution in [0.5, 0.6) is 0 Å². The first-order valence-corrected chi connectivity index (χ1v) is 5.81. The molecule has 82 valence electrons. The average molecular weight is 198 g/mol. The minimum atomic E-state index is 0.0983. The van der Waals surface area contributed by atoms with Crippen LogP contribution in [0.15, 0.2) is 12.2 Å². The first kappa shape index (κ1) is 11.7. The summed E-state index contributed by atoms with van der Waals surface area (Å²) in [6, 6.07) is 0. The molecule has 0 aromatic carbocycles. The van der Waals surface area contributed by atoms with E-state index in [9.17, 15) is 0 Å². The predicted molar refractivity (Wildman–Crippen MR) is 58.2 cm³/mol. The number of allylic oxidation sites excluding steroid dienone is 2. The Bertz CT molecular complexity index is 148. The predicted octanol–water partition coefficient (Wildman–Crippen LogP) is 3.28. The van der Waals surface area contributed by atoms with Gasteiger partial charge in [-0.3, -0.25) is 0 Å². The fourth-order valence-corrected chi connectivity index (χ4v) is 1.61. The summed E-state index contributed by atoms with van der Waals surface area (Å²) < 4.78 is 10.7. The highest BCUT2D eigenvalue weighted by atomic mass is 16.7. The molecule has 1 aliphatic rings. The molecule has 0 unspecified atom stereocenters. The van der Waals surface area contributed by atoms with E-state index in [0.717, 1.165) is 26.1 Å². The van der Waals surface area contributed by atoms with Crippen LogP contribution in [0.3, 0.4) is 0 Å². The van der Waals surface area contributed by atoms with Gasteiger partial charge in [-0.25, -0.2) is 0 Å². The lowest BCUT2D eigenvalue weighted by Gasteiger charge is -2.07. The molecule has 1 rings (SSSR count). The average Bonchev–Trinajstić information content (AvgIpc) is 2.69. The van der Waals surface area contributed by atoms with Crippen molar-refractivity contribution in [1.82, 2.24) is 0 Å². The summed E-state index contributed by atoms with van der Waals surface area (Å²) in [5, 5.41) is 0. The molecular weight excluding hydrogens is 176 g/mol. The van der Waals surface area contributed by atoms with Crippen LogP contribution in [0.4, 0.5) is 0 Å². The number of hydrogen-bond acceptors (Lipinski definition) is 2. The standard InChI is InChI=1S/C12H22O2/c1-2-3-4-5-6-7-8-9-12-13-10-11-14-12/h3-4,12H,2,5-11H2,1H3/b4-3-. The van der Waals surface area contributed by atoms with Crippen molar-refractivity contribution in [3.05, 3.63) is 12.2 Å². The maximum absolute atomic E-state index is 5.36. The van der Waals surface area contributed by atoms with E-state index in [4.69, 9.17) is 9.47 Å². The molecular formula is C12H22O2. The van der Waals surface area contributed by atoms with Gasteiger partial charge in [0.2, 0.25) is 0 Å². The first-order chi connectivity index (χ1) is 6.93. The van der Waals surface area contributed by atoms with Crippen molar-refractivity contribution in [2.24, 2.45) is 0 Å². The summed E-state index contributed by atoms with van der Waals surface area (Å²) in [4.78, 5) is 0. The molecule has 0 saturated carbocycles.